The summed E-state index contributed by atoms with van der Waals surface area (Å²) in [7, 11) is 8.30. The summed E-state index contributed by atoms with van der Waals surface area (Å²) in [5.41, 5.74) is 7.02. The predicted molar refractivity (Wildman–Crippen MR) is 71.2 cm³/mol. The minimum Gasteiger partial charge on any atom is -0.394 e. The molecule has 17 heavy (non-hydrogen) atoms. The van der Waals surface area contributed by atoms with Crippen molar-refractivity contribution in [2.75, 3.05) is 38.3 Å². The van der Waals surface area contributed by atoms with Crippen LogP contribution >= 0.6 is 0 Å². The first-order chi connectivity index (χ1) is 7.94. The van der Waals surface area contributed by atoms with Crippen LogP contribution in [0.25, 0.3) is 0 Å². The van der Waals surface area contributed by atoms with Crippen LogP contribution < -0.4 is 10.6 Å². The van der Waals surface area contributed by atoms with Crippen LogP contribution in [0.4, 0.5) is 11.5 Å². The van der Waals surface area contributed by atoms with Gasteiger partial charge in [-0.1, -0.05) is 0 Å². The fourth-order valence-corrected chi connectivity index (χ4v) is 2.64. The maximum absolute atomic E-state index is 5.96. The fraction of sp³-hybridized carbons (Fsp3) is 0.750. The molecule has 0 bridgehead atoms. The van der Waals surface area contributed by atoms with E-state index in [0.29, 0.717) is 5.54 Å². The predicted octanol–water partition coefficient (Wildman–Crippen LogP) is 0.923. The van der Waals surface area contributed by atoms with Crippen molar-refractivity contribution >= 4 is 11.5 Å². The van der Waals surface area contributed by atoms with Gasteiger partial charge in [0, 0.05) is 32.4 Å². The number of likely N-dealkylation sites (N-methyl/N-ethyl adjacent to an activating group) is 2. The largest absolute Gasteiger partial charge is 0.394 e. The van der Waals surface area contributed by atoms with E-state index in [1.807, 2.05) is 13.2 Å². The third-order valence-electron chi connectivity index (χ3n) is 3.96. The van der Waals surface area contributed by atoms with Crippen LogP contribution in [0.1, 0.15) is 19.3 Å². The SMILES string of the molecule is CN(CC1(N(C)C)CCC1)c1nn(C)cc1N. The lowest BCUT2D eigenvalue weighted by Gasteiger charge is -2.49. The third-order valence-corrected chi connectivity index (χ3v) is 3.96. The molecule has 0 atom stereocenters. The molecule has 1 heterocycles. The van der Waals surface area contributed by atoms with E-state index in [9.17, 15) is 0 Å². The van der Waals surface area contributed by atoms with E-state index < -0.39 is 0 Å². The first kappa shape index (κ1) is 12.2. The Bertz CT molecular complexity index is 392. The standard InChI is InChI=1S/C12H23N5/c1-15(2)12(6-5-7-12)9-16(3)11-10(13)8-17(4)14-11/h8H,5-7,9,13H2,1-4H3. The molecule has 0 aromatic carbocycles. The normalized spacial score (nSPS) is 18.2. The Kier molecular flexibility index (Phi) is 3.03. The lowest BCUT2D eigenvalue weighted by atomic mass is 9.75. The van der Waals surface area contributed by atoms with Gasteiger partial charge in [0.25, 0.3) is 0 Å². The van der Waals surface area contributed by atoms with E-state index in [1.165, 1.54) is 19.3 Å². The molecule has 1 fully saturated rings. The molecule has 1 aromatic heterocycles. The molecule has 0 amide bonds. The average molecular weight is 237 g/mol. The highest BCUT2D eigenvalue weighted by Gasteiger charge is 2.40. The van der Waals surface area contributed by atoms with Crippen molar-refractivity contribution in [2.45, 2.75) is 24.8 Å². The van der Waals surface area contributed by atoms with E-state index in [2.05, 4.69) is 36.0 Å². The molecule has 5 nitrogen and oxygen atoms in total. The summed E-state index contributed by atoms with van der Waals surface area (Å²) >= 11 is 0. The smallest absolute Gasteiger partial charge is 0.173 e. The zero-order valence-corrected chi connectivity index (χ0v) is 11.3. The topological polar surface area (TPSA) is 50.3 Å². The summed E-state index contributed by atoms with van der Waals surface area (Å²) in [6, 6.07) is 0. The highest BCUT2D eigenvalue weighted by atomic mass is 15.4. The van der Waals surface area contributed by atoms with E-state index in [0.717, 1.165) is 18.1 Å². The summed E-state index contributed by atoms with van der Waals surface area (Å²) in [5.74, 6) is 0.889. The van der Waals surface area contributed by atoms with Gasteiger partial charge in [-0.25, -0.2) is 0 Å². The minimum absolute atomic E-state index is 0.304. The zero-order valence-electron chi connectivity index (χ0n) is 11.3. The fourth-order valence-electron chi connectivity index (χ4n) is 2.64. The van der Waals surface area contributed by atoms with Crippen molar-refractivity contribution in [1.29, 1.82) is 0 Å². The Balaban J connectivity index is 2.11. The zero-order chi connectivity index (χ0) is 12.6. The van der Waals surface area contributed by atoms with E-state index >= 15 is 0 Å². The number of hydrogen-bond donors (Lipinski definition) is 1. The maximum Gasteiger partial charge on any atom is 0.173 e. The quantitative estimate of drug-likeness (QED) is 0.846. The molecule has 0 unspecified atom stereocenters. The molecule has 1 saturated carbocycles. The molecular formula is C12H23N5. The Morgan fingerprint density at radius 2 is 2.06 bits per heavy atom. The number of aryl methyl sites for hydroxylation is 1. The van der Waals surface area contributed by atoms with Gasteiger partial charge in [-0.2, -0.15) is 5.10 Å². The Morgan fingerprint density at radius 1 is 1.41 bits per heavy atom. The number of anilines is 2. The second kappa shape index (κ2) is 4.22. The highest BCUT2D eigenvalue weighted by molar-refractivity contribution is 5.61. The van der Waals surface area contributed by atoms with Gasteiger partial charge in [0.05, 0.1) is 5.69 Å². The van der Waals surface area contributed by atoms with Crippen LogP contribution in [0.15, 0.2) is 6.20 Å². The van der Waals surface area contributed by atoms with Crippen molar-refractivity contribution in [1.82, 2.24) is 14.7 Å². The van der Waals surface area contributed by atoms with E-state index in [1.54, 1.807) is 4.68 Å². The van der Waals surface area contributed by atoms with Crippen LogP contribution in [-0.4, -0.2) is 47.9 Å². The van der Waals surface area contributed by atoms with E-state index in [-0.39, 0.29) is 0 Å². The molecule has 1 aliphatic carbocycles. The number of nitrogens with zero attached hydrogens (tertiary/aromatic N) is 4. The van der Waals surface area contributed by atoms with Crippen LogP contribution in [0.2, 0.25) is 0 Å². The van der Waals surface area contributed by atoms with Crippen LogP contribution in [0, 0.1) is 0 Å². The summed E-state index contributed by atoms with van der Waals surface area (Å²) in [4.78, 5) is 4.51. The Hall–Kier alpha value is -1.23. The molecule has 1 aromatic rings. The van der Waals surface area contributed by atoms with Gasteiger partial charge < -0.3 is 15.5 Å². The summed E-state index contributed by atoms with van der Waals surface area (Å²) in [6.07, 6.45) is 5.70. The Labute approximate surface area is 103 Å². The minimum atomic E-state index is 0.304. The molecule has 0 radical (unpaired) electrons. The van der Waals surface area contributed by atoms with Crippen LogP contribution in [0.5, 0.6) is 0 Å². The van der Waals surface area contributed by atoms with Gasteiger partial charge in [0.2, 0.25) is 0 Å². The van der Waals surface area contributed by atoms with Crippen molar-refractivity contribution < 1.29 is 0 Å². The lowest BCUT2D eigenvalue weighted by Crippen LogP contribution is -2.56. The summed E-state index contributed by atoms with van der Waals surface area (Å²) in [5, 5.41) is 4.41. The number of rotatable bonds is 4. The van der Waals surface area contributed by atoms with E-state index in [4.69, 9.17) is 5.73 Å². The molecule has 0 aliphatic heterocycles. The number of aromatic nitrogens is 2. The molecule has 2 rings (SSSR count). The van der Waals surface area contributed by atoms with Crippen LogP contribution in [-0.2, 0) is 7.05 Å². The first-order valence-electron chi connectivity index (χ1n) is 6.12. The second-order valence-electron chi connectivity index (χ2n) is 5.41. The first-order valence-corrected chi connectivity index (χ1v) is 6.12. The van der Waals surface area contributed by atoms with Crippen molar-refractivity contribution in [3.8, 4) is 0 Å². The Morgan fingerprint density at radius 3 is 2.41 bits per heavy atom. The molecule has 2 N–H and O–H groups in total. The third kappa shape index (κ3) is 2.11. The van der Waals surface area contributed by atoms with Gasteiger partial charge in [0.1, 0.15) is 0 Å². The van der Waals surface area contributed by atoms with Gasteiger partial charge in [-0.3, -0.25) is 4.68 Å². The molecule has 96 valence electrons. The molecule has 0 saturated heterocycles. The summed E-state index contributed by atoms with van der Waals surface area (Å²) in [6.45, 7) is 0.987. The summed E-state index contributed by atoms with van der Waals surface area (Å²) < 4.78 is 1.77. The number of nitrogen functional groups attached to an aromatic ring is 1. The lowest BCUT2D eigenvalue weighted by molar-refractivity contribution is 0.0682. The van der Waals surface area contributed by atoms with Gasteiger partial charge in [-0.05, 0) is 33.4 Å². The van der Waals surface area contributed by atoms with Crippen LogP contribution in [0.3, 0.4) is 0 Å². The van der Waals surface area contributed by atoms with Gasteiger partial charge >= 0.3 is 0 Å². The average Bonchev–Trinajstić information content (AvgIpc) is 2.50. The molecular weight excluding hydrogens is 214 g/mol. The van der Waals surface area contributed by atoms with Crippen molar-refractivity contribution in [3.63, 3.8) is 0 Å². The monoisotopic (exact) mass is 237 g/mol. The maximum atomic E-state index is 5.96. The highest BCUT2D eigenvalue weighted by Crippen LogP contribution is 2.37. The molecule has 5 heteroatoms. The van der Waals surface area contributed by atoms with Crippen molar-refractivity contribution in [3.05, 3.63) is 6.20 Å². The molecule has 1 aliphatic rings. The number of nitrogens with two attached hydrogens (primary N) is 1. The molecule has 0 spiro atoms. The number of hydrogen-bond acceptors (Lipinski definition) is 4. The van der Waals surface area contributed by atoms with Crippen molar-refractivity contribution in [2.24, 2.45) is 7.05 Å². The van der Waals surface area contributed by atoms with Gasteiger partial charge in [0.15, 0.2) is 5.82 Å². The second-order valence-corrected chi connectivity index (χ2v) is 5.41. The van der Waals surface area contributed by atoms with Gasteiger partial charge in [-0.15, -0.1) is 0 Å².